The summed E-state index contributed by atoms with van der Waals surface area (Å²) in [6, 6.07) is 5.65. The van der Waals surface area contributed by atoms with Gasteiger partial charge < -0.3 is 5.11 Å². The molecule has 0 saturated heterocycles. The molecule has 0 aliphatic carbocycles. The maximum Gasteiger partial charge on any atom is 0.0838 e. The first kappa shape index (κ1) is 10.3. The Balaban J connectivity index is 3.00. The molecule has 13 heavy (non-hydrogen) atoms. The highest BCUT2D eigenvalue weighted by Gasteiger charge is 2.10. The lowest BCUT2D eigenvalue weighted by atomic mass is 10.0. The minimum atomic E-state index is -0.537. The topological polar surface area (TPSA) is 20.2 Å². The van der Waals surface area contributed by atoms with Gasteiger partial charge in [0.15, 0.2) is 0 Å². The molecule has 0 aliphatic rings. The van der Waals surface area contributed by atoms with Gasteiger partial charge in [-0.2, -0.15) is 0 Å². The van der Waals surface area contributed by atoms with Crippen molar-refractivity contribution in [1.82, 2.24) is 0 Å². The van der Waals surface area contributed by atoms with Crippen LogP contribution >= 0.6 is 11.6 Å². The fourth-order valence-corrected chi connectivity index (χ4v) is 1.46. The van der Waals surface area contributed by atoms with Gasteiger partial charge in [-0.3, -0.25) is 0 Å². The van der Waals surface area contributed by atoms with Crippen molar-refractivity contribution in [3.8, 4) is 0 Å². The average Bonchev–Trinajstić information content (AvgIpc) is 2.10. The first-order valence-corrected chi connectivity index (χ1v) is 4.58. The Morgan fingerprint density at radius 3 is 2.92 bits per heavy atom. The fourth-order valence-electron chi connectivity index (χ4n) is 1.21. The summed E-state index contributed by atoms with van der Waals surface area (Å²) < 4.78 is 0. The van der Waals surface area contributed by atoms with Crippen LogP contribution in [0, 0.1) is 6.92 Å². The Morgan fingerprint density at radius 2 is 2.31 bits per heavy atom. The van der Waals surface area contributed by atoms with E-state index in [0.717, 1.165) is 11.1 Å². The van der Waals surface area contributed by atoms with Crippen molar-refractivity contribution in [3.63, 3.8) is 0 Å². The van der Waals surface area contributed by atoms with Gasteiger partial charge in [0.1, 0.15) is 0 Å². The van der Waals surface area contributed by atoms with Crippen molar-refractivity contribution in [2.45, 2.75) is 19.4 Å². The number of hydrogen-bond donors (Lipinski definition) is 1. The number of aryl methyl sites for hydroxylation is 1. The van der Waals surface area contributed by atoms with E-state index in [1.165, 1.54) is 0 Å². The maximum atomic E-state index is 9.67. The highest BCUT2D eigenvalue weighted by atomic mass is 35.5. The average molecular weight is 197 g/mol. The molecule has 0 radical (unpaired) electrons. The van der Waals surface area contributed by atoms with E-state index in [1.54, 1.807) is 6.08 Å². The van der Waals surface area contributed by atoms with Crippen molar-refractivity contribution in [2.24, 2.45) is 0 Å². The highest BCUT2D eigenvalue weighted by Crippen LogP contribution is 2.27. The smallest absolute Gasteiger partial charge is 0.0838 e. The van der Waals surface area contributed by atoms with Crippen LogP contribution in [0.3, 0.4) is 0 Å². The second-order valence-corrected chi connectivity index (χ2v) is 3.40. The van der Waals surface area contributed by atoms with E-state index in [-0.39, 0.29) is 0 Å². The van der Waals surface area contributed by atoms with Gasteiger partial charge >= 0.3 is 0 Å². The summed E-state index contributed by atoms with van der Waals surface area (Å²) in [5.74, 6) is 0. The van der Waals surface area contributed by atoms with Crippen molar-refractivity contribution < 1.29 is 5.11 Å². The molecule has 0 aromatic heterocycles. The van der Waals surface area contributed by atoms with E-state index in [1.807, 2.05) is 25.1 Å². The molecule has 1 atom stereocenters. The minimum absolute atomic E-state index is 0.531. The third-order valence-electron chi connectivity index (χ3n) is 1.97. The quantitative estimate of drug-likeness (QED) is 0.736. The number of aliphatic hydroxyl groups excluding tert-OH is 1. The lowest BCUT2D eigenvalue weighted by molar-refractivity contribution is 0.181. The van der Waals surface area contributed by atoms with Crippen LogP contribution in [0.25, 0.3) is 0 Å². The molecule has 1 unspecified atom stereocenters. The fraction of sp³-hybridized carbons (Fsp3) is 0.273. The first-order valence-electron chi connectivity index (χ1n) is 4.20. The predicted molar refractivity (Wildman–Crippen MR) is 56.0 cm³/mol. The van der Waals surface area contributed by atoms with Crippen LogP contribution in [0.4, 0.5) is 0 Å². The normalized spacial score (nSPS) is 12.5. The van der Waals surface area contributed by atoms with E-state index in [9.17, 15) is 5.11 Å². The van der Waals surface area contributed by atoms with Gasteiger partial charge in [-0.25, -0.2) is 0 Å². The van der Waals surface area contributed by atoms with Crippen molar-refractivity contribution in [1.29, 1.82) is 0 Å². The molecule has 70 valence electrons. The molecule has 1 aromatic carbocycles. The Bertz CT molecular complexity index is 307. The number of halogens is 1. The van der Waals surface area contributed by atoms with Gasteiger partial charge in [0.2, 0.25) is 0 Å². The molecule has 0 saturated carbocycles. The summed E-state index contributed by atoms with van der Waals surface area (Å²) in [7, 11) is 0. The summed E-state index contributed by atoms with van der Waals surface area (Å²) in [6.45, 7) is 5.50. The third kappa shape index (κ3) is 2.33. The molecule has 0 fully saturated rings. The molecule has 1 nitrogen and oxygen atoms in total. The molecule has 1 aromatic rings. The molecule has 1 rings (SSSR count). The largest absolute Gasteiger partial charge is 0.388 e. The maximum absolute atomic E-state index is 9.67. The van der Waals surface area contributed by atoms with Gasteiger partial charge in [0, 0.05) is 5.02 Å². The molecular formula is C11H13ClO. The van der Waals surface area contributed by atoms with E-state index in [4.69, 9.17) is 11.6 Å². The Labute approximate surface area is 83.7 Å². The highest BCUT2D eigenvalue weighted by molar-refractivity contribution is 6.32. The molecule has 1 N–H and O–H groups in total. The molecule has 0 heterocycles. The van der Waals surface area contributed by atoms with E-state index < -0.39 is 6.10 Å². The van der Waals surface area contributed by atoms with Crippen molar-refractivity contribution >= 4 is 11.6 Å². The van der Waals surface area contributed by atoms with Gasteiger partial charge in [0.25, 0.3) is 0 Å². The summed E-state index contributed by atoms with van der Waals surface area (Å²) in [5, 5.41) is 10.3. The van der Waals surface area contributed by atoms with Crippen LogP contribution in [0.15, 0.2) is 30.9 Å². The van der Waals surface area contributed by atoms with Crippen LogP contribution in [-0.2, 0) is 0 Å². The standard InChI is InChI=1S/C11H13ClO/c1-3-5-10(13)9-7-4-6-8(2)11(9)12/h3-4,6-7,10,13H,1,5H2,2H3. The van der Waals surface area contributed by atoms with Crippen LogP contribution in [-0.4, -0.2) is 5.11 Å². The Kier molecular flexibility index (Phi) is 3.52. The zero-order valence-corrected chi connectivity index (χ0v) is 8.38. The molecule has 0 amide bonds. The van der Waals surface area contributed by atoms with Crippen LogP contribution in [0.2, 0.25) is 5.02 Å². The van der Waals surface area contributed by atoms with Gasteiger partial charge in [-0.1, -0.05) is 35.9 Å². The van der Waals surface area contributed by atoms with E-state index in [2.05, 4.69) is 6.58 Å². The van der Waals surface area contributed by atoms with E-state index >= 15 is 0 Å². The number of hydrogen-bond acceptors (Lipinski definition) is 1. The van der Waals surface area contributed by atoms with E-state index in [0.29, 0.717) is 11.4 Å². The van der Waals surface area contributed by atoms with Crippen LogP contribution in [0.5, 0.6) is 0 Å². The molecule has 0 spiro atoms. The van der Waals surface area contributed by atoms with Gasteiger partial charge in [-0.15, -0.1) is 6.58 Å². The second kappa shape index (κ2) is 4.45. The lowest BCUT2D eigenvalue weighted by Crippen LogP contribution is -1.97. The molecule has 2 heteroatoms. The van der Waals surface area contributed by atoms with Crippen molar-refractivity contribution in [3.05, 3.63) is 47.0 Å². The monoisotopic (exact) mass is 196 g/mol. The first-order chi connectivity index (χ1) is 6.16. The second-order valence-electron chi connectivity index (χ2n) is 3.02. The molecular weight excluding hydrogens is 184 g/mol. The zero-order valence-electron chi connectivity index (χ0n) is 7.63. The Morgan fingerprint density at radius 1 is 1.62 bits per heavy atom. The van der Waals surface area contributed by atoms with Gasteiger partial charge in [-0.05, 0) is 24.5 Å². The summed E-state index contributed by atoms with van der Waals surface area (Å²) in [6.07, 6.45) is 1.68. The Hall–Kier alpha value is -0.790. The molecule has 0 aliphatic heterocycles. The third-order valence-corrected chi connectivity index (χ3v) is 2.49. The van der Waals surface area contributed by atoms with Crippen molar-refractivity contribution in [2.75, 3.05) is 0 Å². The SMILES string of the molecule is C=CCC(O)c1cccc(C)c1Cl. The number of rotatable bonds is 3. The minimum Gasteiger partial charge on any atom is -0.388 e. The van der Waals surface area contributed by atoms with Crippen LogP contribution < -0.4 is 0 Å². The summed E-state index contributed by atoms with van der Waals surface area (Å²) >= 11 is 6.03. The van der Waals surface area contributed by atoms with Gasteiger partial charge in [0.05, 0.1) is 6.10 Å². The lowest BCUT2D eigenvalue weighted by Gasteiger charge is -2.11. The molecule has 0 bridgehead atoms. The number of benzene rings is 1. The zero-order chi connectivity index (χ0) is 9.84. The summed E-state index contributed by atoms with van der Waals surface area (Å²) in [5.41, 5.74) is 1.77. The van der Waals surface area contributed by atoms with Crippen LogP contribution in [0.1, 0.15) is 23.7 Å². The number of aliphatic hydroxyl groups is 1. The predicted octanol–water partition coefficient (Wildman–Crippen LogP) is 3.26. The summed E-state index contributed by atoms with van der Waals surface area (Å²) in [4.78, 5) is 0.